The average molecular weight is 191 g/mol. The van der Waals surface area contributed by atoms with E-state index in [1.54, 1.807) is 12.1 Å². The van der Waals surface area contributed by atoms with Gasteiger partial charge in [0.05, 0.1) is 0 Å². The van der Waals surface area contributed by atoms with Crippen molar-refractivity contribution < 1.29 is 9.90 Å². The fourth-order valence-electron chi connectivity index (χ4n) is 1.70. The lowest BCUT2D eigenvalue weighted by atomic mass is 10.1. The van der Waals surface area contributed by atoms with Crippen LogP contribution in [0.1, 0.15) is 12.8 Å². The van der Waals surface area contributed by atoms with Crippen LogP contribution in [0.15, 0.2) is 24.3 Å². The van der Waals surface area contributed by atoms with Gasteiger partial charge in [0.25, 0.3) is 0 Å². The number of carbonyl (C=O) groups is 1. The Kier molecular flexibility index (Phi) is 2.39. The van der Waals surface area contributed by atoms with Gasteiger partial charge in [0.1, 0.15) is 11.5 Å². The van der Waals surface area contributed by atoms with E-state index in [2.05, 4.69) is 4.90 Å². The molecule has 1 heterocycles. The predicted molar refractivity (Wildman–Crippen MR) is 54.6 cm³/mol. The maximum atomic E-state index is 11.0. The van der Waals surface area contributed by atoms with Crippen LogP contribution in [0.2, 0.25) is 0 Å². The zero-order valence-electron chi connectivity index (χ0n) is 7.94. The molecule has 1 aliphatic heterocycles. The number of benzene rings is 1. The fraction of sp³-hybridized carbons (Fsp3) is 0.364. The molecular weight excluding hydrogens is 178 g/mol. The van der Waals surface area contributed by atoms with Crippen molar-refractivity contribution in [2.24, 2.45) is 0 Å². The zero-order chi connectivity index (χ0) is 9.97. The number of phenols is 1. The summed E-state index contributed by atoms with van der Waals surface area (Å²) in [6.45, 7) is 1.53. The summed E-state index contributed by atoms with van der Waals surface area (Å²) in [6, 6.07) is 7.16. The standard InChI is InChI=1S/C11H13NO2/c13-10-4-6-12(7-5-10)9-2-1-3-11(14)8-9/h1-3,8,14H,4-7H2. The minimum atomic E-state index is 0.277. The van der Waals surface area contributed by atoms with Gasteiger partial charge in [-0.25, -0.2) is 0 Å². The van der Waals surface area contributed by atoms with Crippen molar-refractivity contribution in [2.75, 3.05) is 18.0 Å². The molecule has 1 saturated heterocycles. The van der Waals surface area contributed by atoms with Crippen molar-refractivity contribution in [1.82, 2.24) is 0 Å². The Balaban J connectivity index is 2.12. The second kappa shape index (κ2) is 3.70. The highest BCUT2D eigenvalue weighted by Gasteiger charge is 2.16. The Labute approximate surface area is 83.0 Å². The number of aromatic hydroxyl groups is 1. The summed E-state index contributed by atoms with van der Waals surface area (Å²) in [7, 11) is 0. The summed E-state index contributed by atoms with van der Waals surface area (Å²) in [4.78, 5) is 13.2. The Hall–Kier alpha value is -1.51. The maximum absolute atomic E-state index is 11.0. The largest absolute Gasteiger partial charge is 0.508 e. The molecule has 0 bridgehead atoms. The van der Waals surface area contributed by atoms with Crippen LogP contribution in [0, 0.1) is 0 Å². The second-order valence-corrected chi connectivity index (χ2v) is 3.55. The highest BCUT2D eigenvalue weighted by atomic mass is 16.3. The molecule has 0 aromatic heterocycles. The van der Waals surface area contributed by atoms with Gasteiger partial charge in [0.15, 0.2) is 0 Å². The van der Waals surface area contributed by atoms with Crippen molar-refractivity contribution in [3.63, 3.8) is 0 Å². The minimum Gasteiger partial charge on any atom is -0.508 e. The molecule has 3 heteroatoms. The van der Waals surface area contributed by atoms with E-state index in [9.17, 15) is 9.90 Å². The van der Waals surface area contributed by atoms with E-state index in [0.717, 1.165) is 18.8 Å². The Morgan fingerprint density at radius 1 is 1.21 bits per heavy atom. The molecule has 1 fully saturated rings. The Morgan fingerprint density at radius 2 is 1.93 bits per heavy atom. The van der Waals surface area contributed by atoms with Gasteiger partial charge in [0.2, 0.25) is 0 Å². The molecule has 14 heavy (non-hydrogen) atoms. The van der Waals surface area contributed by atoms with Crippen molar-refractivity contribution >= 4 is 11.5 Å². The third kappa shape index (κ3) is 1.87. The monoisotopic (exact) mass is 191 g/mol. The first-order valence-corrected chi connectivity index (χ1v) is 4.81. The first-order valence-electron chi connectivity index (χ1n) is 4.81. The first-order chi connectivity index (χ1) is 6.75. The van der Waals surface area contributed by atoms with Crippen molar-refractivity contribution in [3.05, 3.63) is 24.3 Å². The summed E-state index contributed by atoms with van der Waals surface area (Å²) >= 11 is 0. The van der Waals surface area contributed by atoms with E-state index in [-0.39, 0.29) is 5.75 Å². The Morgan fingerprint density at radius 3 is 2.57 bits per heavy atom. The highest BCUT2D eigenvalue weighted by molar-refractivity contribution is 5.81. The lowest BCUT2D eigenvalue weighted by molar-refractivity contribution is -0.119. The topological polar surface area (TPSA) is 40.5 Å². The Bertz CT molecular complexity index is 339. The number of Topliss-reactive ketones (excluding diaryl/α,β-unsaturated/α-hetero) is 1. The van der Waals surface area contributed by atoms with Gasteiger partial charge in [-0.2, -0.15) is 0 Å². The lowest BCUT2D eigenvalue weighted by Crippen LogP contribution is -2.33. The minimum absolute atomic E-state index is 0.277. The van der Waals surface area contributed by atoms with Crippen LogP contribution in [0.4, 0.5) is 5.69 Å². The van der Waals surface area contributed by atoms with Crippen molar-refractivity contribution in [3.8, 4) is 5.75 Å². The highest BCUT2D eigenvalue weighted by Crippen LogP contribution is 2.22. The maximum Gasteiger partial charge on any atom is 0.136 e. The van der Waals surface area contributed by atoms with Crippen LogP contribution in [0.25, 0.3) is 0 Å². The van der Waals surface area contributed by atoms with Crippen molar-refractivity contribution in [2.45, 2.75) is 12.8 Å². The molecule has 0 unspecified atom stereocenters. The third-order valence-corrected chi connectivity index (χ3v) is 2.52. The zero-order valence-corrected chi connectivity index (χ0v) is 7.94. The lowest BCUT2D eigenvalue weighted by Gasteiger charge is -2.28. The van der Waals surface area contributed by atoms with E-state index >= 15 is 0 Å². The fourth-order valence-corrected chi connectivity index (χ4v) is 1.70. The van der Waals surface area contributed by atoms with Gasteiger partial charge in [0, 0.05) is 37.7 Å². The summed E-state index contributed by atoms with van der Waals surface area (Å²) in [5.41, 5.74) is 0.998. The molecule has 0 aliphatic carbocycles. The second-order valence-electron chi connectivity index (χ2n) is 3.55. The molecule has 0 saturated carbocycles. The molecular formula is C11H13NO2. The van der Waals surface area contributed by atoms with Crippen molar-refractivity contribution in [1.29, 1.82) is 0 Å². The molecule has 1 N–H and O–H groups in total. The first kappa shape index (κ1) is 9.06. The van der Waals surface area contributed by atoms with Gasteiger partial charge >= 0.3 is 0 Å². The number of anilines is 1. The number of carbonyl (C=O) groups excluding carboxylic acids is 1. The summed E-state index contributed by atoms with van der Waals surface area (Å²) in [5.74, 6) is 0.612. The molecule has 74 valence electrons. The van der Waals surface area contributed by atoms with E-state index in [0.29, 0.717) is 18.6 Å². The summed E-state index contributed by atoms with van der Waals surface area (Å²) < 4.78 is 0. The number of phenolic OH excluding ortho intramolecular Hbond substituents is 1. The van der Waals surface area contributed by atoms with Crippen LogP contribution in [-0.2, 0) is 4.79 Å². The number of rotatable bonds is 1. The van der Waals surface area contributed by atoms with Gasteiger partial charge in [-0.05, 0) is 12.1 Å². The number of hydrogen-bond acceptors (Lipinski definition) is 3. The number of nitrogens with zero attached hydrogens (tertiary/aromatic N) is 1. The van der Waals surface area contributed by atoms with Gasteiger partial charge in [-0.3, -0.25) is 4.79 Å². The predicted octanol–water partition coefficient (Wildman–Crippen LogP) is 1.56. The van der Waals surface area contributed by atoms with Gasteiger partial charge in [-0.1, -0.05) is 6.07 Å². The van der Waals surface area contributed by atoms with Crippen LogP contribution in [0.3, 0.4) is 0 Å². The van der Waals surface area contributed by atoms with E-state index in [1.807, 2.05) is 12.1 Å². The van der Waals surface area contributed by atoms with Crippen LogP contribution in [0.5, 0.6) is 5.75 Å². The molecule has 0 spiro atoms. The quantitative estimate of drug-likeness (QED) is 0.732. The van der Waals surface area contributed by atoms with Crippen LogP contribution in [-0.4, -0.2) is 24.0 Å². The smallest absolute Gasteiger partial charge is 0.136 e. The van der Waals surface area contributed by atoms with E-state index in [4.69, 9.17) is 0 Å². The molecule has 1 aromatic carbocycles. The molecule has 2 rings (SSSR count). The van der Waals surface area contributed by atoms with Gasteiger partial charge in [-0.15, -0.1) is 0 Å². The average Bonchev–Trinajstić information content (AvgIpc) is 2.19. The molecule has 0 atom stereocenters. The number of ketones is 1. The van der Waals surface area contributed by atoms with E-state index in [1.165, 1.54) is 0 Å². The normalized spacial score (nSPS) is 17.1. The SMILES string of the molecule is O=C1CCN(c2cccc(O)c2)CC1. The molecule has 1 aliphatic rings. The van der Waals surface area contributed by atoms with Gasteiger partial charge < -0.3 is 10.0 Å². The van der Waals surface area contributed by atoms with Crippen LogP contribution >= 0.6 is 0 Å². The molecule has 3 nitrogen and oxygen atoms in total. The third-order valence-electron chi connectivity index (χ3n) is 2.52. The number of hydrogen-bond donors (Lipinski definition) is 1. The summed E-state index contributed by atoms with van der Waals surface area (Å²) in [5, 5.41) is 9.30. The van der Waals surface area contributed by atoms with Crippen LogP contribution < -0.4 is 4.90 Å². The van der Waals surface area contributed by atoms with E-state index < -0.39 is 0 Å². The molecule has 0 radical (unpaired) electrons. The molecule has 0 amide bonds. The number of piperidine rings is 1. The molecule has 1 aromatic rings. The summed E-state index contributed by atoms with van der Waals surface area (Å²) in [6.07, 6.45) is 1.24.